The van der Waals surface area contributed by atoms with Crippen LogP contribution in [0.4, 0.5) is 4.79 Å². The number of nitrogens with zero attached hydrogens (tertiary/aromatic N) is 3. The van der Waals surface area contributed by atoms with Crippen molar-refractivity contribution in [2.45, 2.75) is 45.3 Å². The van der Waals surface area contributed by atoms with Gasteiger partial charge in [0.05, 0.1) is 11.3 Å². The molecule has 0 spiro atoms. The fourth-order valence-electron chi connectivity index (χ4n) is 3.83. The van der Waals surface area contributed by atoms with Crippen molar-refractivity contribution < 1.29 is 23.8 Å². The Morgan fingerprint density at radius 3 is 2.30 bits per heavy atom. The summed E-state index contributed by atoms with van der Waals surface area (Å²) in [5, 5.41) is 21.0. The molecule has 0 aliphatic carbocycles. The second-order valence-corrected chi connectivity index (χ2v) is 9.85. The van der Waals surface area contributed by atoms with Gasteiger partial charge in [0.15, 0.2) is 0 Å². The standard InChI is InChI=1S/C28H28N4O5/c1-27(2,3)37-26(35)30-28(4,17-18-10-6-5-7-11-18)25-32-31-23(36-25)20-14-19(15-21(16-20)24(33)34)22-12-8-9-13-29-22/h5-16H,17H2,1-4H3,(H,30,35)(H,33,34)/t28-/m1/s1. The summed E-state index contributed by atoms with van der Waals surface area (Å²) in [6.07, 6.45) is 1.35. The summed E-state index contributed by atoms with van der Waals surface area (Å²) in [5.41, 5.74) is 0.794. The van der Waals surface area contributed by atoms with Gasteiger partial charge in [0.1, 0.15) is 11.1 Å². The second kappa shape index (κ2) is 10.2. The van der Waals surface area contributed by atoms with Gasteiger partial charge >= 0.3 is 12.1 Å². The van der Waals surface area contributed by atoms with Crippen molar-refractivity contribution in [2.75, 3.05) is 0 Å². The summed E-state index contributed by atoms with van der Waals surface area (Å²) in [5.74, 6) is -0.836. The maximum atomic E-state index is 12.7. The smallest absolute Gasteiger partial charge is 0.408 e. The van der Waals surface area contributed by atoms with Crippen LogP contribution in [0.15, 0.2) is 77.3 Å². The molecule has 9 heteroatoms. The Morgan fingerprint density at radius 2 is 1.65 bits per heavy atom. The zero-order chi connectivity index (χ0) is 26.6. The van der Waals surface area contributed by atoms with E-state index in [1.54, 1.807) is 52.1 Å². The molecule has 2 aromatic carbocycles. The van der Waals surface area contributed by atoms with E-state index in [0.29, 0.717) is 23.2 Å². The lowest BCUT2D eigenvalue weighted by atomic mass is 9.92. The highest BCUT2D eigenvalue weighted by molar-refractivity contribution is 5.91. The van der Waals surface area contributed by atoms with Crippen molar-refractivity contribution in [2.24, 2.45) is 0 Å². The van der Waals surface area contributed by atoms with Crippen LogP contribution in [0.25, 0.3) is 22.7 Å². The molecule has 1 amide bonds. The Bertz CT molecular complexity index is 1400. The Morgan fingerprint density at radius 1 is 0.946 bits per heavy atom. The third-order valence-corrected chi connectivity index (χ3v) is 5.46. The number of carbonyl (C=O) groups excluding carboxylic acids is 1. The van der Waals surface area contributed by atoms with Crippen LogP contribution in [0, 0.1) is 0 Å². The topological polar surface area (TPSA) is 127 Å². The summed E-state index contributed by atoms with van der Waals surface area (Å²) in [4.78, 5) is 28.9. The van der Waals surface area contributed by atoms with Gasteiger partial charge in [0.2, 0.25) is 11.8 Å². The molecule has 0 radical (unpaired) electrons. The fourth-order valence-corrected chi connectivity index (χ4v) is 3.83. The number of nitrogens with one attached hydrogen (secondary N) is 1. The number of hydrogen-bond donors (Lipinski definition) is 2. The summed E-state index contributed by atoms with van der Waals surface area (Å²) >= 11 is 0. The minimum absolute atomic E-state index is 0.0526. The van der Waals surface area contributed by atoms with Gasteiger partial charge in [-0.1, -0.05) is 36.4 Å². The van der Waals surface area contributed by atoms with E-state index in [9.17, 15) is 14.7 Å². The van der Waals surface area contributed by atoms with Gasteiger partial charge in [-0.05, 0) is 63.6 Å². The third-order valence-electron chi connectivity index (χ3n) is 5.46. The van der Waals surface area contributed by atoms with Crippen molar-refractivity contribution in [3.05, 3.63) is 89.9 Å². The second-order valence-electron chi connectivity index (χ2n) is 9.85. The lowest BCUT2D eigenvalue weighted by Gasteiger charge is -2.29. The molecule has 190 valence electrons. The van der Waals surface area contributed by atoms with Gasteiger partial charge in [-0.25, -0.2) is 9.59 Å². The average Bonchev–Trinajstić information content (AvgIpc) is 3.35. The predicted octanol–water partition coefficient (Wildman–Crippen LogP) is 5.48. The van der Waals surface area contributed by atoms with Gasteiger partial charge < -0.3 is 19.6 Å². The first-order valence-electron chi connectivity index (χ1n) is 11.7. The molecule has 0 bridgehead atoms. The summed E-state index contributed by atoms with van der Waals surface area (Å²) in [6, 6.07) is 19.7. The summed E-state index contributed by atoms with van der Waals surface area (Å²) in [7, 11) is 0. The molecular formula is C28H28N4O5. The minimum atomic E-state index is -1.11. The van der Waals surface area contributed by atoms with Crippen molar-refractivity contribution in [3.63, 3.8) is 0 Å². The van der Waals surface area contributed by atoms with Crippen LogP contribution in [0.5, 0.6) is 0 Å². The molecule has 0 saturated carbocycles. The van der Waals surface area contributed by atoms with E-state index in [0.717, 1.165) is 5.56 Å². The van der Waals surface area contributed by atoms with Crippen molar-refractivity contribution in [3.8, 4) is 22.7 Å². The predicted molar refractivity (Wildman–Crippen MR) is 137 cm³/mol. The molecule has 0 fully saturated rings. The number of carboxylic acids is 1. The molecule has 2 N–H and O–H groups in total. The van der Waals surface area contributed by atoms with Crippen molar-refractivity contribution >= 4 is 12.1 Å². The monoisotopic (exact) mass is 500 g/mol. The van der Waals surface area contributed by atoms with Crippen LogP contribution in [0.1, 0.15) is 49.5 Å². The van der Waals surface area contributed by atoms with Crippen LogP contribution in [-0.4, -0.2) is 38.0 Å². The van der Waals surface area contributed by atoms with Crippen molar-refractivity contribution in [1.82, 2.24) is 20.5 Å². The van der Waals surface area contributed by atoms with Gasteiger partial charge in [-0.3, -0.25) is 4.98 Å². The highest BCUT2D eigenvalue weighted by Gasteiger charge is 2.36. The summed E-state index contributed by atoms with van der Waals surface area (Å²) < 4.78 is 11.5. The van der Waals surface area contributed by atoms with E-state index < -0.39 is 23.2 Å². The fraction of sp³-hybridized carbons (Fsp3) is 0.250. The number of aromatic nitrogens is 3. The number of benzene rings is 2. The number of rotatable bonds is 7. The number of ether oxygens (including phenoxy) is 1. The minimum Gasteiger partial charge on any atom is -0.478 e. The molecule has 0 saturated heterocycles. The molecule has 2 heterocycles. The lowest BCUT2D eigenvalue weighted by Crippen LogP contribution is -2.47. The van der Waals surface area contributed by atoms with Crippen LogP contribution >= 0.6 is 0 Å². The molecular weight excluding hydrogens is 472 g/mol. The zero-order valence-corrected chi connectivity index (χ0v) is 21.1. The Hall–Kier alpha value is -4.53. The van der Waals surface area contributed by atoms with E-state index in [1.165, 1.54) is 12.1 Å². The largest absolute Gasteiger partial charge is 0.478 e. The number of carboxylic acid groups (broad SMARTS) is 1. The molecule has 0 unspecified atom stereocenters. The molecule has 4 rings (SSSR count). The van der Waals surface area contributed by atoms with Gasteiger partial charge in [-0.15, -0.1) is 10.2 Å². The molecule has 9 nitrogen and oxygen atoms in total. The van der Waals surface area contributed by atoms with E-state index in [2.05, 4.69) is 20.5 Å². The SMILES string of the molecule is CC(C)(C)OC(=O)N[C@](C)(Cc1ccccc1)c1nnc(-c2cc(C(=O)O)cc(-c3ccccn3)c2)o1. The van der Waals surface area contributed by atoms with Crippen LogP contribution < -0.4 is 5.32 Å². The first-order chi connectivity index (χ1) is 17.5. The maximum absolute atomic E-state index is 12.7. The van der Waals surface area contributed by atoms with E-state index in [-0.39, 0.29) is 17.3 Å². The van der Waals surface area contributed by atoms with E-state index in [1.807, 2.05) is 36.4 Å². The summed E-state index contributed by atoms with van der Waals surface area (Å²) in [6.45, 7) is 7.11. The molecule has 2 aromatic heterocycles. The Balaban J connectivity index is 1.73. The highest BCUT2D eigenvalue weighted by atomic mass is 16.6. The zero-order valence-electron chi connectivity index (χ0n) is 21.1. The number of alkyl carbamates (subject to hydrolysis) is 1. The quantitative estimate of drug-likeness (QED) is 0.341. The van der Waals surface area contributed by atoms with E-state index in [4.69, 9.17) is 9.15 Å². The number of pyridine rings is 1. The average molecular weight is 501 g/mol. The van der Waals surface area contributed by atoms with Gasteiger partial charge in [0.25, 0.3) is 0 Å². The molecule has 1 atom stereocenters. The number of aromatic carboxylic acids is 1. The number of carbonyl (C=O) groups is 2. The van der Waals surface area contributed by atoms with Crippen LogP contribution in [0.3, 0.4) is 0 Å². The highest BCUT2D eigenvalue weighted by Crippen LogP contribution is 2.31. The Kier molecular flexibility index (Phi) is 7.06. The Labute approximate surface area is 214 Å². The maximum Gasteiger partial charge on any atom is 0.408 e. The third kappa shape index (κ3) is 6.38. The van der Waals surface area contributed by atoms with Crippen LogP contribution in [-0.2, 0) is 16.7 Å². The first kappa shape index (κ1) is 25.6. The van der Waals surface area contributed by atoms with Gasteiger partial charge in [-0.2, -0.15) is 0 Å². The molecule has 37 heavy (non-hydrogen) atoms. The molecule has 0 aliphatic rings. The normalized spacial score (nSPS) is 13.0. The number of amides is 1. The first-order valence-corrected chi connectivity index (χ1v) is 11.7. The van der Waals surface area contributed by atoms with Crippen molar-refractivity contribution in [1.29, 1.82) is 0 Å². The number of hydrogen-bond acceptors (Lipinski definition) is 7. The molecule has 4 aromatic rings. The van der Waals surface area contributed by atoms with Crippen LogP contribution in [0.2, 0.25) is 0 Å². The lowest BCUT2D eigenvalue weighted by molar-refractivity contribution is 0.0443. The van der Waals surface area contributed by atoms with Gasteiger partial charge in [0, 0.05) is 23.7 Å². The molecule has 0 aliphatic heterocycles. The van der Waals surface area contributed by atoms with E-state index >= 15 is 0 Å².